The monoisotopic (exact) mass is 486 g/mol. The molecular weight excluding hydrogens is 466 g/mol. The van der Waals surface area contributed by atoms with Crippen LogP contribution in [0.3, 0.4) is 0 Å². The number of hydrogen-bond acceptors (Lipinski definition) is 9. The minimum atomic E-state index is -3.59. The maximum Gasteiger partial charge on any atom is 0.303 e. The highest BCUT2D eigenvalue weighted by atomic mass is 19.3. The predicted molar refractivity (Wildman–Crippen MR) is 107 cm³/mol. The summed E-state index contributed by atoms with van der Waals surface area (Å²) in [6.07, 6.45) is -8.59. The van der Waals surface area contributed by atoms with Gasteiger partial charge in [-0.1, -0.05) is 27.4 Å². The third-order valence-electron chi connectivity index (χ3n) is 5.53. The van der Waals surface area contributed by atoms with Crippen LogP contribution in [0.4, 0.5) is 8.78 Å². The lowest BCUT2D eigenvalue weighted by Gasteiger charge is -2.47. The first-order valence-corrected chi connectivity index (χ1v) is 9.79. The van der Waals surface area contributed by atoms with Crippen LogP contribution in [0.15, 0.2) is 20.5 Å². The van der Waals surface area contributed by atoms with E-state index >= 15 is 0 Å². The second-order valence-corrected chi connectivity index (χ2v) is 7.51. The molecule has 17 nitrogen and oxygen atoms in total. The average molecular weight is 486 g/mol. The molecule has 0 radical (unpaired) electrons. The molecule has 34 heavy (non-hydrogen) atoms. The molecule has 0 aromatic rings. The lowest BCUT2D eigenvalue weighted by Crippen LogP contribution is -2.62. The van der Waals surface area contributed by atoms with Crippen LogP contribution in [0.2, 0.25) is 0 Å². The van der Waals surface area contributed by atoms with Crippen molar-refractivity contribution in [2.24, 2.45) is 26.4 Å². The summed E-state index contributed by atoms with van der Waals surface area (Å²) in [6, 6.07) is -3.96. The van der Waals surface area contributed by atoms with Gasteiger partial charge < -0.3 is 19.3 Å². The number of hydrogen-bond donors (Lipinski definition) is 1. The Hall–Kier alpha value is -3.55. The first-order chi connectivity index (χ1) is 16.1. The van der Waals surface area contributed by atoms with Gasteiger partial charge in [0, 0.05) is 32.5 Å². The zero-order valence-electron chi connectivity index (χ0n) is 17.8. The molecule has 2 rings (SSSR count). The number of alkyl halides is 2. The van der Waals surface area contributed by atoms with Crippen molar-refractivity contribution in [2.75, 3.05) is 6.54 Å². The van der Waals surface area contributed by atoms with Crippen molar-refractivity contribution < 1.29 is 32.9 Å². The highest BCUT2D eigenvalue weighted by molar-refractivity contribution is 5.66. The van der Waals surface area contributed by atoms with Gasteiger partial charge in [-0.25, -0.2) is 8.78 Å². The van der Waals surface area contributed by atoms with Crippen molar-refractivity contribution >= 4 is 5.97 Å². The number of azide groups is 4. The molecule has 1 saturated carbocycles. The van der Waals surface area contributed by atoms with Crippen LogP contribution in [0.1, 0.15) is 20.3 Å². The van der Waals surface area contributed by atoms with Crippen molar-refractivity contribution in [3.63, 3.8) is 0 Å². The van der Waals surface area contributed by atoms with Crippen LogP contribution in [-0.2, 0) is 19.0 Å². The first-order valence-electron chi connectivity index (χ1n) is 9.79. The fourth-order valence-electron chi connectivity index (χ4n) is 3.87. The number of esters is 1. The number of aliphatic hydroxyl groups excluding tert-OH is 1. The molecule has 0 aromatic heterocycles. The Kier molecular flexibility index (Phi) is 9.06. The van der Waals surface area contributed by atoms with Crippen molar-refractivity contribution in [1.29, 1.82) is 0 Å². The predicted octanol–water partition coefficient (Wildman–Crippen LogP) is 3.41. The van der Waals surface area contributed by atoms with E-state index in [1.807, 2.05) is 0 Å². The van der Waals surface area contributed by atoms with Crippen molar-refractivity contribution in [3.8, 4) is 0 Å². The highest BCUT2D eigenvalue weighted by Crippen LogP contribution is 2.42. The van der Waals surface area contributed by atoms with Gasteiger partial charge in [0.25, 0.3) is 5.92 Å². The van der Waals surface area contributed by atoms with Gasteiger partial charge in [-0.15, -0.1) is 0 Å². The van der Waals surface area contributed by atoms with Gasteiger partial charge >= 0.3 is 5.97 Å². The van der Waals surface area contributed by atoms with E-state index < -0.39 is 73.2 Å². The Morgan fingerprint density at radius 2 is 1.68 bits per heavy atom. The van der Waals surface area contributed by atoms with Gasteiger partial charge in [-0.05, 0) is 28.5 Å². The Balaban J connectivity index is 2.45. The van der Waals surface area contributed by atoms with E-state index in [-0.39, 0.29) is 6.42 Å². The number of rotatable bonds is 8. The third-order valence-corrected chi connectivity index (χ3v) is 5.53. The maximum absolute atomic E-state index is 14.8. The molecule has 184 valence electrons. The van der Waals surface area contributed by atoms with Gasteiger partial charge in [0.2, 0.25) is 0 Å². The largest absolute Gasteiger partial charge is 0.459 e. The lowest BCUT2D eigenvalue weighted by molar-refractivity contribution is -0.313. The van der Waals surface area contributed by atoms with E-state index in [0.29, 0.717) is 0 Å². The fourth-order valence-corrected chi connectivity index (χ4v) is 3.87. The minimum Gasteiger partial charge on any atom is -0.459 e. The van der Waals surface area contributed by atoms with E-state index in [1.165, 1.54) is 0 Å². The molecule has 9 atom stereocenters. The van der Waals surface area contributed by atoms with Crippen molar-refractivity contribution in [1.82, 2.24) is 0 Å². The average Bonchev–Trinajstić information content (AvgIpc) is 2.77. The Morgan fingerprint density at radius 1 is 1.09 bits per heavy atom. The van der Waals surface area contributed by atoms with Crippen LogP contribution < -0.4 is 0 Å². The Morgan fingerprint density at radius 3 is 2.21 bits per heavy atom. The van der Waals surface area contributed by atoms with Crippen LogP contribution >= 0.6 is 0 Å². The molecule has 0 spiro atoms. The number of ether oxygens (including phenoxy) is 3. The molecule has 1 aliphatic carbocycles. The summed E-state index contributed by atoms with van der Waals surface area (Å²) < 4.78 is 45.5. The van der Waals surface area contributed by atoms with Gasteiger partial charge in [-0.3, -0.25) is 4.79 Å². The summed E-state index contributed by atoms with van der Waals surface area (Å²) in [6.45, 7) is 1.34. The summed E-state index contributed by atoms with van der Waals surface area (Å²) in [5.74, 6) is -6.07. The molecule has 2 aliphatic rings. The summed E-state index contributed by atoms with van der Waals surface area (Å²) >= 11 is 0. The van der Waals surface area contributed by atoms with Crippen LogP contribution in [-0.4, -0.2) is 72.4 Å². The van der Waals surface area contributed by atoms with E-state index in [0.717, 1.165) is 13.8 Å². The Labute approximate surface area is 189 Å². The molecule has 0 amide bonds. The van der Waals surface area contributed by atoms with Crippen LogP contribution in [0.25, 0.3) is 41.8 Å². The van der Waals surface area contributed by atoms with E-state index in [2.05, 4.69) is 40.1 Å². The van der Waals surface area contributed by atoms with E-state index in [9.17, 15) is 18.7 Å². The van der Waals surface area contributed by atoms with E-state index in [1.54, 1.807) is 0 Å². The minimum absolute atomic E-state index is 0.236. The molecule has 0 aromatic carbocycles. The SMILES string of the molecule is CC(=O)OC1C(N=[N+]=[N-])CC(N=[N+]=[N-])C(OC2OC(CN=[N+]=[N-])C(F)(F)C(C)C2N=[N+]=[N-])C1O. The third kappa shape index (κ3) is 5.68. The Bertz CT molecular complexity index is 955. The summed E-state index contributed by atoms with van der Waals surface area (Å²) in [5, 5.41) is 24.3. The maximum atomic E-state index is 14.8. The smallest absolute Gasteiger partial charge is 0.303 e. The van der Waals surface area contributed by atoms with Crippen molar-refractivity contribution in [3.05, 3.63) is 41.8 Å². The summed E-state index contributed by atoms with van der Waals surface area (Å²) in [5.41, 5.74) is 35.1. The number of carbonyl (C=O) groups excluding carboxylic acids is 1. The zero-order valence-corrected chi connectivity index (χ0v) is 17.8. The van der Waals surface area contributed by atoms with Gasteiger partial charge in [0.05, 0.1) is 30.8 Å². The first kappa shape index (κ1) is 26.7. The second kappa shape index (κ2) is 11.5. The van der Waals surface area contributed by atoms with Gasteiger partial charge in [0.15, 0.2) is 6.29 Å². The molecule has 1 saturated heterocycles. The molecule has 2 fully saturated rings. The molecule has 0 bridgehead atoms. The fraction of sp³-hybridized carbons (Fsp3) is 0.933. The molecular formula is C15H20F2N12O5. The topological polar surface area (TPSA) is 260 Å². The van der Waals surface area contributed by atoms with Gasteiger partial charge in [0.1, 0.15) is 18.3 Å². The summed E-state index contributed by atoms with van der Waals surface area (Å²) in [7, 11) is 0. The van der Waals surface area contributed by atoms with E-state index in [4.69, 9.17) is 36.3 Å². The number of halogens is 2. The zero-order chi connectivity index (χ0) is 25.5. The number of carbonyl (C=O) groups is 1. The molecule has 9 unspecified atom stereocenters. The lowest BCUT2D eigenvalue weighted by atomic mass is 9.83. The number of nitrogens with zero attached hydrogens (tertiary/aromatic N) is 12. The molecule has 1 aliphatic heterocycles. The highest BCUT2D eigenvalue weighted by Gasteiger charge is 2.57. The van der Waals surface area contributed by atoms with Crippen molar-refractivity contribution in [2.45, 2.75) is 75.0 Å². The number of aliphatic hydroxyl groups is 1. The second-order valence-electron chi connectivity index (χ2n) is 7.51. The van der Waals surface area contributed by atoms with Gasteiger partial charge in [-0.2, -0.15) is 0 Å². The quantitative estimate of drug-likeness (QED) is 0.233. The van der Waals surface area contributed by atoms with Crippen LogP contribution in [0, 0.1) is 5.92 Å². The molecule has 1 heterocycles. The molecule has 19 heteroatoms. The standard InChI is InChI=1S/C15H20F2N12O5/c1-5-10(25-29-21)14(33-9(4-22-26-18)15(5,16)17)34-13-8(24-28-20)3-7(23-27-19)12(11(13)31)32-6(2)30/h5,7-14,31H,3-4H2,1-2H3. The summed E-state index contributed by atoms with van der Waals surface area (Å²) in [4.78, 5) is 21.8. The van der Waals surface area contributed by atoms with Crippen LogP contribution in [0.5, 0.6) is 0 Å². The normalized spacial score (nSPS) is 36.4. The molecule has 1 N–H and O–H groups in total.